The van der Waals surface area contributed by atoms with Crippen molar-refractivity contribution in [3.63, 3.8) is 0 Å². The Kier molecular flexibility index (Phi) is 31.8. The number of ether oxygens (including phenoxy) is 2. The zero-order valence-electron chi connectivity index (χ0n) is 32.4. The smallest absolute Gasteiger partial charge is 0.462 e. The number of quaternary nitrogens is 1. The van der Waals surface area contributed by atoms with Crippen molar-refractivity contribution in [2.45, 2.75) is 180 Å². The Bertz CT molecular complexity index is 860. The van der Waals surface area contributed by atoms with Gasteiger partial charge in [0.1, 0.15) is 19.8 Å². The maximum absolute atomic E-state index is 12.6. The largest absolute Gasteiger partial charge is 0.472 e. The third-order valence-corrected chi connectivity index (χ3v) is 9.53. The summed E-state index contributed by atoms with van der Waals surface area (Å²) in [5.41, 5.74) is 0. The molecule has 0 spiro atoms. The maximum Gasteiger partial charge on any atom is 0.472 e. The average Bonchev–Trinajstić information content (AvgIpc) is 3.04. The van der Waals surface area contributed by atoms with Crippen molar-refractivity contribution in [3.8, 4) is 0 Å². The van der Waals surface area contributed by atoms with Gasteiger partial charge in [-0.2, -0.15) is 0 Å². The van der Waals surface area contributed by atoms with Gasteiger partial charge in [-0.05, 0) is 38.5 Å². The molecule has 0 aliphatic rings. The molecule has 0 aliphatic heterocycles. The third kappa shape index (κ3) is 36.3. The summed E-state index contributed by atoms with van der Waals surface area (Å²) in [5.74, 6) is -0.805. The molecule has 290 valence electrons. The second-order valence-electron chi connectivity index (χ2n) is 14.7. The number of esters is 2. The van der Waals surface area contributed by atoms with Crippen molar-refractivity contribution in [1.29, 1.82) is 0 Å². The molecule has 0 amide bonds. The van der Waals surface area contributed by atoms with Gasteiger partial charge in [0.15, 0.2) is 6.10 Å². The number of unbranched alkanes of at least 4 members (excludes halogenated alkanes) is 20. The normalized spacial score (nSPS) is 13.8. The number of nitrogens with zero attached hydrogens (tertiary/aromatic N) is 1. The topological polar surface area (TPSA) is 108 Å². The Balaban J connectivity index is 4.42. The lowest BCUT2D eigenvalue weighted by molar-refractivity contribution is -0.870. The molecule has 2 atom stereocenters. The molecular formula is C39H77NO8P+. The molecule has 9 nitrogen and oxygen atoms in total. The quantitative estimate of drug-likeness (QED) is 0.0224. The molecule has 0 aromatic carbocycles. The van der Waals surface area contributed by atoms with Crippen LogP contribution in [0.4, 0.5) is 0 Å². The van der Waals surface area contributed by atoms with Gasteiger partial charge in [0.2, 0.25) is 0 Å². The first kappa shape index (κ1) is 47.8. The lowest BCUT2D eigenvalue weighted by Gasteiger charge is -2.24. The van der Waals surface area contributed by atoms with Crippen molar-refractivity contribution in [3.05, 3.63) is 12.2 Å². The fourth-order valence-electron chi connectivity index (χ4n) is 5.36. The molecule has 0 rings (SSSR count). The van der Waals surface area contributed by atoms with E-state index in [-0.39, 0.29) is 25.6 Å². The van der Waals surface area contributed by atoms with E-state index in [1.807, 2.05) is 21.1 Å². The van der Waals surface area contributed by atoms with Crippen LogP contribution in [0.5, 0.6) is 0 Å². The van der Waals surface area contributed by atoms with Gasteiger partial charge in [-0.15, -0.1) is 0 Å². The van der Waals surface area contributed by atoms with Gasteiger partial charge in [-0.1, -0.05) is 135 Å². The van der Waals surface area contributed by atoms with Crippen LogP contribution in [0.15, 0.2) is 12.2 Å². The van der Waals surface area contributed by atoms with Crippen LogP contribution < -0.4 is 0 Å². The highest BCUT2D eigenvalue weighted by Gasteiger charge is 2.27. The fraction of sp³-hybridized carbons (Fsp3) is 0.897. The number of carbonyl (C=O) groups excluding carboxylic acids is 2. The van der Waals surface area contributed by atoms with Gasteiger partial charge in [-0.25, -0.2) is 4.57 Å². The Hall–Kier alpha value is -1.25. The second-order valence-corrected chi connectivity index (χ2v) is 16.1. The molecular weight excluding hydrogens is 641 g/mol. The molecule has 0 saturated heterocycles. The van der Waals surface area contributed by atoms with Gasteiger partial charge in [0, 0.05) is 12.8 Å². The SMILES string of the molecule is CCCCCCC/C=C\CCCCCCCC(=O)O[C@H](COC(=O)CCCCCCCCCCCCC)COP(=O)(O)OCC[N+](C)(C)C. The van der Waals surface area contributed by atoms with E-state index < -0.39 is 26.5 Å². The lowest BCUT2D eigenvalue weighted by Crippen LogP contribution is -2.37. The molecule has 0 aromatic rings. The van der Waals surface area contributed by atoms with E-state index in [0.717, 1.165) is 51.4 Å². The standard InChI is InChI=1S/C39H76NO8P/c1-6-8-10-12-14-16-18-19-20-22-24-26-28-30-32-39(42)48-37(36-47-49(43,44)46-34-33-40(3,4)5)35-45-38(41)31-29-27-25-23-21-17-15-13-11-9-7-2/h18-19,37H,6-17,20-36H2,1-5H3/p+1/b19-18-/t37-/m1/s1. The van der Waals surface area contributed by atoms with E-state index in [2.05, 4.69) is 26.0 Å². The van der Waals surface area contributed by atoms with Crippen LogP contribution in [0.1, 0.15) is 174 Å². The van der Waals surface area contributed by atoms with Crippen molar-refractivity contribution in [1.82, 2.24) is 0 Å². The highest BCUT2D eigenvalue weighted by atomic mass is 31.2. The minimum absolute atomic E-state index is 0.0328. The van der Waals surface area contributed by atoms with Crippen LogP contribution in [-0.2, 0) is 32.7 Å². The molecule has 49 heavy (non-hydrogen) atoms. The molecule has 1 N–H and O–H groups in total. The number of allylic oxidation sites excluding steroid dienone is 2. The predicted molar refractivity (Wildman–Crippen MR) is 201 cm³/mol. The van der Waals surface area contributed by atoms with Crippen LogP contribution >= 0.6 is 7.82 Å². The summed E-state index contributed by atoms with van der Waals surface area (Å²) in [7, 11) is 1.48. The number of phosphoric acid groups is 1. The summed E-state index contributed by atoms with van der Waals surface area (Å²) in [6.45, 7) is 4.39. The van der Waals surface area contributed by atoms with Crippen LogP contribution in [0.25, 0.3) is 0 Å². The molecule has 0 radical (unpaired) electrons. The second kappa shape index (κ2) is 32.6. The molecule has 0 saturated carbocycles. The van der Waals surface area contributed by atoms with E-state index >= 15 is 0 Å². The van der Waals surface area contributed by atoms with Crippen LogP contribution in [0, 0.1) is 0 Å². The third-order valence-electron chi connectivity index (χ3n) is 8.55. The number of likely N-dealkylation sites (N-methyl/N-ethyl adjacent to an activating group) is 1. The van der Waals surface area contributed by atoms with Crippen LogP contribution in [-0.4, -0.2) is 74.9 Å². The Morgan fingerprint density at radius 1 is 0.612 bits per heavy atom. The van der Waals surface area contributed by atoms with Crippen molar-refractivity contribution in [2.75, 3.05) is 47.5 Å². The summed E-state index contributed by atoms with van der Waals surface area (Å²) in [6.07, 6.45) is 31.1. The summed E-state index contributed by atoms with van der Waals surface area (Å²) in [6, 6.07) is 0. The minimum Gasteiger partial charge on any atom is -0.462 e. The van der Waals surface area contributed by atoms with E-state index in [0.29, 0.717) is 23.9 Å². The molecule has 0 heterocycles. The molecule has 0 aromatic heterocycles. The van der Waals surface area contributed by atoms with Crippen molar-refractivity contribution < 1.29 is 42.1 Å². The molecule has 0 aliphatic carbocycles. The molecule has 10 heteroatoms. The first-order chi connectivity index (χ1) is 23.5. The highest BCUT2D eigenvalue weighted by molar-refractivity contribution is 7.47. The average molecular weight is 719 g/mol. The fourth-order valence-corrected chi connectivity index (χ4v) is 6.10. The molecule has 0 bridgehead atoms. The minimum atomic E-state index is -4.36. The van der Waals surface area contributed by atoms with Crippen molar-refractivity contribution in [2.24, 2.45) is 0 Å². The van der Waals surface area contributed by atoms with Crippen LogP contribution in [0.2, 0.25) is 0 Å². The molecule has 1 unspecified atom stereocenters. The lowest BCUT2D eigenvalue weighted by atomic mass is 10.1. The van der Waals surface area contributed by atoms with Gasteiger partial charge in [0.25, 0.3) is 0 Å². The van der Waals surface area contributed by atoms with Crippen LogP contribution in [0.3, 0.4) is 0 Å². The Morgan fingerprint density at radius 2 is 1.04 bits per heavy atom. The van der Waals surface area contributed by atoms with Gasteiger partial charge < -0.3 is 18.9 Å². The summed E-state index contributed by atoms with van der Waals surface area (Å²) in [5, 5.41) is 0. The Labute approximate surface area is 301 Å². The van der Waals surface area contributed by atoms with Gasteiger partial charge in [0.05, 0.1) is 27.7 Å². The zero-order chi connectivity index (χ0) is 36.5. The zero-order valence-corrected chi connectivity index (χ0v) is 33.3. The van der Waals surface area contributed by atoms with Gasteiger partial charge in [-0.3, -0.25) is 18.6 Å². The van der Waals surface area contributed by atoms with E-state index in [4.69, 9.17) is 18.5 Å². The predicted octanol–water partition coefficient (Wildman–Crippen LogP) is 10.6. The number of phosphoric ester groups is 1. The monoisotopic (exact) mass is 719 g/mol. The Morgan fingerprint density at radius 3 is 1.51 bits per heavy atom. The van der Waals surface area contributed by atoms with Crippen molar-refractivity contribution >= 4 is 19.8 Å². The summed E-state index contributed by atoms with van der Waals surface area (Å²) < 4.78 is 34.2. The van der Waals surface area contributed by atoms with E-state index in [9.17, 15) is 19.0 Å². The maximum atomic E-state index is 12.6. The summed E-state index contributed by atoms with van der Waals surface area (Å²) in [4.78, 5) is 35.2. The first-order valence-corrected chi connectivity index (χ1v) is 21.4. The number of hydrogen-bond acceptors (Lipinski definition) is 7. The molecule has 0 fully saturated rings. The number of hydrogen-bond donors (Lipinski definition) is 1. The number of rotatable bonds is 36. The number of carbonyl (C=O) groups is 2. The first-order valence-electron chi connectivity index (χ1n) is 19.9. The van der Waals surface area contributed by atoms with E-state index in [1.54, 1.807) is 0 Å². The summed E-state index contributed by atoms with van der Waals surface area (Å²) >= 11 is 0. The highest BCUT2D eigenvalue weighted by Crippen LogP contribution is 2.43. The van der Waals surface area contributed by atoms with Gasteiger partial charge >= 0.3 is 19.8 Å². The van der Waals surface area contributed by atoms with E-state index in [1.165, 1.54) is 89.9 Å².